The molecule has 0 fully saturated rings. The van der Waals surface area contributed by atoms with E-state index in [2.05, 4.69) is 17.1 Å². The van der Waals surface area contributed by atoms with Crippen LogP contribution in [0.15, 0.2) is 24.3 Å². The third kappa shape index (κ3) is 14.8. The lowest BCUT2D eigenvalue weighted by atomic mass is 10.2. The Morgan fingerprint density at radius 1 is 1.00 bits per heavy atom. The number of hydrogen-bond acceptors (Lipinski definition) is 4. The average molecular weight is 288 g/mol. The molecule has 0 N–H and O–H groups in total. The maximum absolute atomic E-state index is 10.5. The van der Waals surface area contributed by atoms with Gasteiger partial charge < -0.3 is 8.92 Å². The van der Waals surface area contributed by atoms with Crippen molar-refractivity contribution in [3.63, 3.8) is 0 Å². The van der Waals surface area contributed by atoms with Gasteiger partial charge in [0.1, 0.15) is 12.4 Å². The van der Waals surface area contributed by atoms with Gasteiger partial charge in [-0.15, -0.1) is 0 Å². The molecule has 0 aliphatic rings. The topological polar surface area (TPSA) is 35.5 Å². The highest BCUT2D eigenvalue weighted by atomic mass is 32.1. The van der Waals surface area contributed by atoms with E-state index in [4.69, 9.17) is 4.74 Å². The standard InChI is InChI=1S/C9H10O3S.3C2H6/c1-7(10)11-6-8-2-4-9(12-13)5-3-8;3*1-2/h2-5,13H,6H2,1H3;3*1-2H3. The van der Waals surface area contributed by atoms with Crippen molar-refractivity contribution >= 4 is 18.9 Å². The summed E-state index contributed by atoms with van der Waals surface area (Å²) in [5.41, 5.74) is 0.921. The summed E-state index contributed by atoms with van der Waals surface area (Å²) in [6, 6.07) is 7.14. The first-order valence-corrected chi connectivity index (χ1v) is 7.12. The Morgan fingerprint density at radius 3 is 1.74 bits per heavy atom. The zero-order valence-corrected chi connectivity index (χ0v) is 14.1. The second-order valence-electron chi connectivity index (χ2n) is 2.52. The molecule has 0 amide bonds. The van der Waals surface area contributed by atoms with Crippen LogP contribution in [0.1, 0.15) is 54.0 Å². The van der Waals surface area contributed by atoms with Gasteiger partial charge in [0.15, 0.2) is 0 Å². The van der Waals surface area contributed by atoms with E-state index in [-0.39, 0.29) is 5.97 Å². The molecule has 1 aromatic rings. The molecule has 0 saturated carbocycles. The fraction of sp³-hybridized carbons (Fsp3) is 0.533. The summed E-state index contributed by atoms with van der Waals surface area (Å²) in [6.45, 7) is 13.7. The predicted molar refractivity (Wildman–Crippen MR) is 85.6 cm³/mol. The van der Waals surface area contributed by atoms with Crippen molar-refractivity contribution in [3.05, 3.63) is 29.8 Å². The summed E-state index contributed by atoms with van der Waals surface area (Å²) in [5.74, 6) is 0.379. The van der Waals surface area contributed by atoms with Crippen LogP contribution in [0.25, 0.3) is 0 Å². The molecule has 4 heteroatoms. The fourth-order valence-electron chi connectivity index (χ4n) is 0.832. The maximum Gasteiger partial charge on any atom is 0.302 e. The highest BCUT2D eigenvalue weighted by Crippen LogP contribution is 2.13. The minimum absolute atomic E-state index is 0.283. The van der Waals surface area contributed by atoms with E-state index in [1.807, 2.05) is 53.7 Å². The van der Waals surface area contributed by atoms with E-state index < -0.39 is 0 Å². The molecular formula is C15H28O3S. The predicted octanol–water partition coefficient (Wildman–Crippen LogP) is 5.05. The Balaban J connectivity index is -0.000000375. The molecule has 0 unspecified atom stereocenters. The van der Waals surface area contributed by atoms with Crippen LogP contribution < -0.4 is 4.18 Å². The highest BCUT2D eigenvalue weighted by molar-refractivity contribution is 7.75. The Bertz CT molecular complexity index is 284. The molecule has 0 bridgehead atoms. The Labute approximate surface area is 123 Å². The van der Waals surface area contributed by atoms with Crippen molar-refractivity contribution in [3.8, 4) is 5.75 Å². The molecule has 19 heavy (non-hydrogen) atoms. The van der Waals surface area contributed by atoms with Gasteiger partial charge in [0.25, 0.3) is 0 Å². The van der Waals surface area contributed by atoms with Crippen molar-refractivity contribution in [2.75, 3.05) is 0 Å². The summed E-state index contributed by atoms with van der Waals surface area (Å²) in [6.07, 6.45) is 0. The first-order chi connectivity index (χ1) is 9.22. The number of ether oxygens (including phenoxy) is 1. The molecule has 0 spiro atoms. The van der Waals surface area contributed by atoms with Gasteiger partial charge in [0.2, 0.25) is 0 Å². The molecule has 0 atom stereocenters. The summed E-state index contributed by atoms with van der Waals surface area (Å²) in [5, 5.41) is 0. The van der Waals surface area contributed by atoms with E-state index >= 15 is 0 Å². The summed E-state index contributed by atoms with van der Waals surface area (Å²) in [7, 11) is 0. The lowest BCUT2D eigenvalue weighted by Gasteiger charge is -2.02. The van der Waals surface area contributed by atoms with Gasteiger partial charge in [-0.05, 0) is 17.7 Å². The monoisotopic (exact) mass is 288 g/mol. The Kier molecular flexibility index (Phi) is 23.2. The number of carbonyl (C=O) groups excluding carboxylic acids is 1. The normalized spacial score (nSPS) is 7.37. The van der Waals surface area contributed by atoms with Crippen LogP contribution in [0, 0.1) is 0 Å². The van der Waals surface area contributed by atoms with E-state index in [0.717, 1.165) is 5.56 Å². The number of benzene rings is 1. The van der Waals surface area contributed by atoms with Crippen molar-refractivity contribution in [2.24, 2.45) is 0 Å². The number of esters is 1. The third-order valence-electron chi connectivity index (χ3n) is 1.47. The van der Waals surface area contributed by atoms with Crippen LogP contribution in [0.4, 0.5) is 0 Å². The maximum atomic E-state index is 10.5. The van der Waals surface area contributed by atoms with Crippen LogP contribution >= 0.6 is 12.9 Å². The van der Waals surface area contributed by atoms with Gasteiger partial charge in [-0.25, -0.2) is 0 Å². The Hall–Kier alpha value is -1.16. The SMILES string of the molecule is CC.CC.CC.CC(=O)OCc1ccc(OS)cc1. The molecule has 0 aliphatic heterocycles. The molecule has 1 rings (SSSR count). The summed E-state index contributed by atoms with van der Waals surface area (Å²) in [4.78, 5) is 10.5. The fourth-order valence-corrected chi connectivity index (χ4v) is 0.953. The van der Waals surface area contributed by atoms with Crippen molar-refractivity contribution in [1.82, 2.24) is 0 Å². The van der Waals surface area contributed by atoms with Crippen molar-refractivity contribution in [1.29, 1.82) is 0 Å². The second kappa shape index (κ2) is 19.2. The number of hydrogen-bond donors (Lipinski definition) is 1. The quantitative estimate of drug-likeness (QED) is 0.480. The molecule has 1 aromatic carbocycles. The highest BCUT2D eigenvalue weighted by Gasteiger charge is 1.96. The lowest BCUT2D eigenvalue weighted by Crippen LogP contribution is -1.98. The molecule has 0 heterocycles. The number of thiol groups is 1. The van der Waals surface area contributed by atoms with E-state index in [0.29, 0.717) is 12.4 Å². The minimum atomic E-state index is -0.283. The van der Waals surface area contributed by atoms with E-state index in [1.54, 1.807) is 12.1 Å². The van der Waals surface area contributed by atoms with Crippen LogP contribution in [0.2, 0.25) is 0 Å². The van der Waals surface area contributed by atoms with Gasteiger partial charge in [0.05, 0.1) is 0 Å². The van der Waals surface area contributed by atoms with Gasteiger partial charge in [0, 0.05) is 19.8 Å². The van der Waals surface area contributed by atoms with E-state index in [9.17, 15) is 4.79 Å². The number of carbonyl (C=O) groups is 1. The molecule has 0 aromatic heterocycles. The largest absolute Gasteiger partial charge is 0.461 e. The molecule has 0 saturated heterocycles. The Morgan fingerprint density at radius 2 is 1.42 bits per heavy atom. The van der Waals surface area contributed by atoms with Crippen LogP contribution in [0.5, 0.6) is 5.75 Å². The van der Waals surface area contributed by atoms with Crippen LogP contribution in [0.3, 0.4) is 0 Å². The summed E-state index contributed by atoms with van der Waals surface area (Å²) >= 11 is 3.64. The zero-order chi connectivity index (χ0) is 15.7. The third-order valence-corrected chi connectivity index (χ3v) is 1.68. The first-order valence-electron chi connectivity index (χ1n) is 6.76. The van der Waals surface area contributed by atoms with Gasteiger partial charge in [-0.2, -0.15) is 0 Å². The molecule has 112 valence electrons. The van der Waals surface area contributed by atoms with Crippen molar-refractivity contribution in [2.45, 2.75) is 55.1 Å². The average Bonchev–Trinajstić information content (AvgIpc) is 2.51. The van der Waals surface area contributed by atoms with E-state index in [1.165, 1.54) is 6.92 Å². The lowest BCUT2D eigenvalue weighted by molar-refractivity contribution is -0.142. The molecule has 0 radical (unpaired) electrons. The van der Waals surface area contributed by atoms with Gasteiger partial charge in [-0.1, -0.05) is 53.7 Å². The van der Waals surface area contributed by atoms with Crippen molar-refractivity contribution < 1.29 is 13.7 Å². The van der Waals surface area contributed by atoms with Crippen LogP contribution in [-0.4, -0.2) is 5.97 Å². The first kappa shape index (κ1) is 23.0. The minimum Gasteiger partial charge on any atom is -0.461 e. The van der Waals surface area contributed by atoms with Gasteiger partial charge >= 0.3 is 5.97 Å². The molecule has 3 nitrogen and oxygen atoms in total. The van der Waals surface area contributed by atoms with Crippen LogP contribution in [-0.2, 0) is 16.1 Å². The molecular weight excluding hydrogens is 260 g/mol. The molecule has 0 aliphatic carbocycles. The second-order valence-corrected chi connectivity index (χ2v) is 2.70. The number of rotatable bonds is 3. The summed E-state index contributed by atoms with van der Waals surface area (Å²) < 4.78 is 9.48. The zero-order valence-electron chi connectivity index (χ0n) is 13.2. The smallest absolute Gasteiger partial charge is 0.302 e. The van der Waals surface area contributed by atoms with Gasteiger partial charge in [-0.3, -0.25) is 4.79 Å².